The van der Waals surface area contributed by atoms with Gasteiger partial charge in [0, 0.05) is 12.1 Å². The van der Waals surface area contributed by atoms with E-state index in [4.69, 9.17) is 5.26 Å². The fourth-order valence-corrected chi connectivity index (χ4v) is 3.22. The summed E-state index contributed by atoms with van der Waals surface area (Å²) >= 11 is 0. The summed E-state index contributed by atoms with van der Waals surface area (Å²) in [6, 6.07) is 13.9. The Morgan fingerprint density at radius 1 is 1.12 bits per heavy atom. The predicted octanol–water partition coefficient (Wildman–Crippen LogP) is 2.89. The maximum absolute atomic E-state index is 12.4. The van der Waals surface area contributed by atoms with Crippen LogP contribution in [-0.4, -0.2) is 20.9 Å². The third-order valence-electron chi connectivity index (χ3n) is 3.53. The van der Waals surface area contributed by atoms with Gasteiger partial charge in [0.25, 0.3) is 15.9 Å². The lowest BCUT2D eigenvalue weighted by Gasteiger charge is -2.10. The molecule has 2 rings (SSSR count). The third kappa shape index (κ3) is 4.81. The molecule has 0 aliphatic rings. The van der Waals surface area contributed by atoms with Crippen LogP contribution in [0.25, 0.3) is 0 Å². The van der Waals surface area contributed by atoms with E-state index < -0.39 is 10.0 Å². The highest BCUT2D eigenvalue weighted by Gasteiger charge is 2.16. The molecule has 0 aromatic heterocycles. The maximum atomic E-state index is 12.4. The van der Waals surface area contributed by atoms with Crippen molar-refractivity contribution in [3.8, 4) is 6.07 Å². The van der Waals surface area contributed by atoms with Crippen LogP contribution in [0.15, 0.2) is 53.4 Å². The molecule has 0 bridgehead atoms. The molecule has 0 spiro atoms. The van der Waals surface area contributed by atoms with Crippen molar-refractivity contribution in [1.29, 1.82) is 5.26 Å². The number of sulfonamides is 1. The molecular weight excluding hydrogens is 338 g/mol. The van der Waals surface area contributed by atoms with Crippen molar-refractivity contribution in [2.45, 2.75) is 24.7 Å². The molecule has 6 nitrogen and oxygen atoms in total. The minimum absolute atomic E-state index is 0.0188. The van der Waals surface area contributed by atoms with Crippen LogP contribution in [0.2, 0.25) is 0 Å². The number of rotatable bonds is 7. The number of carbonyl (C=O) groups is 1. The Morgan fingerprint density at radius 3 is 2.44 bits per heavy atom. The lowest BCUT2D eigenvalue weighted by atomic mass is 10.2. The first kappa shape index (κ1) is 18.5. The van der Waals surface area contributed by atoms with E-state index in [0.29, 0.717) is 12.1 Å². The molecule has 2 N–H and O–H groups in total. The summed E-state index contributed by atoms with van der Waals surface area (Å²) in [6.07, 6.45) is 1.87. The van der Waals surface area contributed by atoms with Crippen molar-refractivity contribution in [3.05, 3.63) is 59.7 Å². The topological polar surface area (TPSA) is 99.1 Å². The Bertz CT molecular complexity index is 885. The van der Waals surface area contributed by atoms with E-state index in [0.717, 1.165) is 12.8 Å². The molecule has 0 atom stereocenters. The van der Waals surface area contributed by atoms with Gasteiger partial charge in [-0.25, -0.2) is 8.42 Å². The van der Waals surface area contributed by atoms with Gasteiger partial charge in [0.2, 0.25) is 0 Å². The molecule has 2 aromatic carbocycles. The quantitative estimate of drug-likeness (QED) is 0.744. The fourth-order valence-electron chi connectivity index (χ4n) is 2.14. The number of benzene rings is 2. The first-order chi connectivity index (χ1) is 12.0. The smallest absolute Gasteiger partial charge is 0.261 e. The molecule has 1 amide bonds. The van der Waals surface area contributed by atoms with Crippen molar-refractivity contribution in [2.75, 3.05) is 11.3 Å². The van der Waals surface area contributed by atoms with E-state index in [1.54, 1.807) is 12.1 Å². The van der Waals surface area contributed by atoms with E-state index in [2.05, 4.69) is 10.0 Å². The Labute approximate surface area is 147 Å². The van der Waals surface area contributed by atoms with Crippen molar-refractivity contribution in [1.82, 2.24) is 5.32 Å². The molecule has 0 saturated heterocycles. The van der Waals surface area contributed by atoms with Gasteiger partial charge >= 0.3 is 0 Å². The molecule has 0 radical (unpaired) electrons. The Balaban J connectivity index is 2.15. The Kier molecular flexibility index (Phi) is 6.14. The number of para-hydroxylation sites is 1. The second-order valence-electron chi connectivity index (χ2n) is 5.40. The van der Waals surface area contributed by atoms with Crippen LogP contribution < -0.4 is 10.0 Å². The molecule has 0 saturated carbocycles. The average molecular weight is 357 g/mol. The standard InChI is InChI=1S/C18H19N3O3S/c1-2-3-12-20-18(22)14-8-10-16(11-9-14)25(23,24)21-17-7-5-4-6-15(17)13-19/h4-11,21H,2-3,12H2,1H3,(H,20,22). The van der Waals surface area contributed by atoms with Crippen molar-refractivity contribution in [3.63, 3.8) is 0 Å². The summed E-state index contributed by atoms with van der Waals surface area (Å²) < 4.78 is 27.3. The highest BCUT2D eigenvalue weighted by Crippen LogP contribution is 2.19. The van der Waals surface area contributed by atoms with Crippen LogP contribution in [-0.2, 0) is 10.0 Å². The van der Waals surface area contributed by atoms with Crippen molar-refractivity contribution in [2.24, 2.45) is 0 Å². The number of nitrogens with zero attached hydrogens (tertiary/aromatic N) is 1. The van der Waals surface area contributed by atoms with E-state index in [1.807, 2.05) is 13.0 Å². The van der Waals surface area contributed by atoms with Crippen LogP contribution in [0.4, 0.5) is 5.69 Å². The van der Waals surface area contributed by atoms with Crippen LogP contribution >= 0.6 is 0 Å². The summed E-state index contributed by atoms with van der Waals surface area (Å²) in [5.74, 6) is -0.236. The van der Waals surface area contributed by atoms with Gasteiger partial charge in [-0.15, -0.1) is 0 Å². The van der Waals surface area contributed by atoms with Gasteiger partial charge in [-0.2, -0.15) is 5.26 Å². The summed E-state index contributed by atoms with van der Waals surface area (Å²) in [5, 5.41) is 11.8. The van der Waals surface area contributed by atoms with E-state index in [-0.39, 0.29) is 22.1 Å². The van der Waals surface area contributed by atoms with Crippen LogP contribution in [0.1, 0.15) is 35.7 Å². The summed E-state index contributed by atoms with van der Waals surface area (Å²) in [6.45, 7) is 2.62. The normalized spacial score (nSPS) is 10.7. The molecule has 7 heteroatoms. The zero-order valence-corrected chi connectivity index (χ0v) is 14.6. The lowest BCUT2D eigenvalue weighted by molar-refractivity contribution is 0.0953. The third-order valence-corrected chi connectivity index (χ3v) is 4.92. The SMILES string of the molecule is CCCCNC(=O)c1ccc(S(=O)(=O)Nc2ccccc2C#N)cc1. The Morgan fingerprint density at radius 2 is 1.80 bits per heavy atom. The molecule has 130 valence electrons. The van der Waals surface area contributed by atoms with Crippen molar-refractivity contribution >= 4 is 21.6 Å². The number of nitrogens with one attached hydrogen (secondary N) is 2. The molecule has 0 aliphatic carbocycles. The van der Waals surface area contributed by atoms with Gasteiger partial charge in [0.1, 0.15) is 6.07 Å². The number of anilines is 1. The van der Waals surface area contributed by atoms with Gasteiger partial charge in [-0.05, 0) is 42.8 Å². The molecule has 0 heterocycles. The number of hydrogen-bond donors (Lipinski definition) is 2. The highest BCUT2D eigenvalue weighted by molar-refractivity contribution is 7.92. The molecule has 2 aromatic rings. The predicted molar refractivity (Wildman–Crippen MR) is 95.6 cm³/mol. The van der Waals surface area contributed by atoms with E-state index in [1.165, 1.54) is 36.4 Å². The molecular formula is C18H19N3O3S. The van der Waals surface area contributed by atoms with Gasteiger partial charge in [0.15, 0.2) is 0 Å². The van der Waals surface area contributed by atoms with Gasteiger partial charge in [-0.1, -0.05) is 25.5 Å². The van der Waals surface area contributed by atoms with Crippen LogP contribution in [0.5, 0.6) is 0 Å². The largest absolute Gasteiger partial charge is 0.352 e. The minimum Gasteiger partial charge on any atom is -0.352 e. The molecule has 0 unspecified atom stereocenters. The minimum atomic E-state index is -3.84. The fraction of sp³-hybridized carbons (Fsp3) is 0.222. The summed E-state index contributed by atoms with van der Waals surface area (Å²) in [7, 11) is -3.84. The first-order valence-corrected chi connectivity index (χ1v) is 9.36. The van der Waals surface area contributed by atoms with E-state index in [9.17, 15) is 13.2 Å². The molecule has 0 fully saturated rings. The molecule has 0 aliphatic heterocycles. The maximum Gasteiger partial charge on any atom is 0.261 e. The number of carbonyl (C=O) groups excluding carboxylic acids is 1. The lowest BCUT2D eigenvalue weighted by Crippen LogP contribution is -2.24. The monoisotopic (exact) mass is 357 g/mol. The summed E-state index contributed by atoms with van der Waals surface area (Å²) in [5.41, 5.74) is 0.844. The zero-order valence-electron chi connectivity index (χ0n) is 13.8. The highest BCUT2D eigenvalue weighted by atomic mass is 32.2. The number of nitriles is 1. The van der Waals surface area contributed by atoms with Crippen molar-refractivity contribution < 1.29 is 13.2 Å². The number of amides is 1. The number of unbranched alkanes of at least 4 members (excludes halogenated alkanes) is 1. The van der Waals surface area contributed by atoms with Crippen LogP contribution in [0, 0.1) is 11.3 Å². The molecule has 25 heavy (non-hydrogen) atoms. The second-order valence-corrected chi connectivity index (χ2v) is 7.08. The van der Waals surface area contributed by atoms with Gasteiger partial charge in [0.05, 0.1) is 16.1 Å². The first-order valence-electron chi connectivity index (χ1n) is 7.88. The van der Waals surface area contributed by atoms with Gasteiger partial charge < -0.3 is 5.32 Å². The Hall–Kier alpha value is -2.85. The van der Waals surface area contributed by atoms with E-state index >= 15 is 0 Å². The average Bonchev–Trinajstić information content (AvgIpc) is 2.62. The second kappa shape index (κ2) is 8.31. The van der Waals surface area contributed by atoms with Gasteiger partial charge in [-0.3, -0.25) is 9.52 Å². The summed E-state index contributed by atoms with van der Waals surface area (Å²) in [4.78, 5) is 12.0. The number of hydrogen-bond acceptors (Lipinski definition) is 4. The van der Waals surface area contributed by atoms with Crippen LogP contribution in [0.3, 0.4) is 0 Å². The zero-order chi connectivity index (χ0) is 18.3.